The SMILES string of the molecule is CC(O)(Cc1cc(F)cc(F)c1)c1ccccc1Cl. The van der Waals surface area contributed by atoms with Gasteiger partial charge in [-0.2, -0.15) is 0 Å². The molecule has 0 saturated carbocycles. The number of hydrogen-bond donors (Lipinski definition) is 1. The molecule has 1 nitrogen and oxygen atoms in total. The van der Waals surface area contributed by atoms with Gasteiger partial charge in [0, 0.05) is 23.1 Å². The molecule has 0 aliphatic carbocycles. The maximum absolute atomic E-state index is 13.1. The van der Waals surface area contributed by atoms with Crippen LogP contribution in [0.2, 0.25) is 5.02 Å². The molecule has 0 bridgehead atoms. The fourth-order valence-corrected chi connectivity index (χ4v) is 2.44. The van der Waals surface area contributed by atoms with Crippen molar-refractivity contribution >= 4 is 11.6 Å². The quantitative estimate of drug-likeness (QED) is 0.900. The van der Waals surface area contributed by atoms with Crippen LogP contribution in [-0.4, -0.2) is 5.11 Å². The molecule has 0 saturated heterocycles. The molecule has 1 N–H and O–H groups in total. The van der Waals surface area contributed by atoms with Crippen LogP contribution in [0, 0.1) is 11.6 Å². The first-order valence-corrected chi connectivity index (χ1v) is 6.19. The Morgan fingerprint density at radius 3 is 2.26 bits per heavy atom. The summed E-state index contributed by atoms with van der Waals surface area (Å²) < 4.78 is 26.3. The smallest absolute Gasteiger partial charge is 0.126 e. The van der Waals surface area contributed by atoms with Crippen LogP contribution in [0.1, 0.15) is 18.1 Å². The summed E-state index contributed by atoms with van der Waals surface area (Å²) in [5.74, 6) is -1.32. The van der Waals surface area contributed by atoms with Gasteiger partial charge in [-0.3, -0.25) is 0 Å². The van der Waals surface area contributed by atoms with Crippen LogP contribution < -0.4 is 0 Å². The van der Waals surface area contributed by atoms with E-state index in [4.69, 9.17) is 11.6 Å². The minimum absolute atomic E-state index is 0.0748. The zero-order chi connectivity index (χ0) is 14.0. The maximum atomic E-state index is 13.1. The highest BCUT2D eigenvalue weighted by molar-refractivity contribution is 6.31. The highest BCUT2D eigenvalue weighted by Gasteiger charge is 2.26. The average Bonchev–Trinajstić information content (AvgIpc) is 2.26. The second kappa shape index (κ2) is 5.27. The van der Waals surface area contributed by atoms with E-state index in [2.05, 4.69) is 0 Å². The van der Waals surface area contributed by atoms with Crippen LogP contribution in [-0.2, 0) is 12.0 Å². The molecule has 2 aromatic carbocycles. The van der Waals surface area contributed by atoms with Crippen LogP contribution in [0.4, 0.5) is 8.78 Å². The van der Waals surface area contributed by atoms with Crippen LogP contribution in [0.25, 0.3) is 0 Å². The van der Waals surface area contributed by atoms with Crippen LogP contribution in [0.3, 0.4) is 0 Å². The van der Waals surface area contributed by atoms with Crippen molar-refractivity contribution in [3.8, 4) is 0 Å². The first kappa shape index (κ1) is 14.0. The number of halogens is 3. The normalized spacial score (nSPS) is 14.2. The standard InChI is InChI=1S/C15H13ClF2O/c1-15(19,13-4-2-3-5-14(13)16)9-10-6-11(17)8-12(18)7-10/h2-8,19H,9H2,1H3. The van der Waals surface area contributed by atoms with Crippen molar-refractivity contribution in [2.75, 3.05) is 0 Å². The summed E-state index contributed by atoms with van der Waals surface area (Å²) in [7, 11) is 0. The Balaban J connectivity index is 2.33. The van der Waals surface area contributed by atoms with E-state index in [0.29, 0.717) is 16.1 Å². The molecule has 0 aromatic heterocycles. The molecule has 2 aromatic rings. The summed E-state index contributed by atoms with van der Waals surface area (Å²) in [5, 5.41) is 10.9. The lowest BCUT2D eigenvalue weighted by Crippen LogP contribution is -2.24. The average molecular weight is 283 g/mol. The van der Waals surface area contributed by atoms with E-state index in [9.17, 15) is 13.9 Å². The Labute approximate surface area is 115 Å². The summed E-state index contributed by atoms with van der Waals surface area (Å²) in [4.78, 5) is 0. The Bertz CT molecular complexity index is 576. The summed E-state index contributed by atoms with van der Waals surface area (Å²) in [5.41, 5.74) is -0.387. The Hall–Kier alpha value is -1.45. The number of hydrogen-bond acceptors (Lipinski definition) is 1. The van der Waals surface area contributed by atoms with Gasteiger partial charge in [-0.25, -0.2) is 8.78 Å². The van der Waals surface area contributed by atoms with Crippen molar-refractivity contribution in [1.82, 2.24) is 0 Å². The van der Waals surface area contributed by atoms with E-state index in [1.165, 1.54) is 12.1 Å². The van der Waals surface area contributed by atoms with Crippen molar-refractivity contribution in [3.63, 3.8) is 0 Å². The fourth-order valence-electron chi connectivity index (χ4n) is 2.10. The van der Waals surface area contributed by atoms with Crippen LogP contribution in [0.15, 0.2) is 42.5 Å². The third-order valence-electron chi connectivity index (χ3n) is 2.92. The van der Waals surface area contributed by atoms with E-state index in [1.807, 2.05) is 0 Å². The third-order valence-corrected chi connectivity index (χ3v) is 3.25. The highest BCUT2D eigenvalue weighted by Crippen LogP contribution is 2.31. The summed E-state index contributed by atoms with van der Waals surface area (Å²) in [6.07, 6.45) is 0.0748. The highest BCUT2D eigenvalue weighted by atomic mass is 35.5. The minimum atomic E-state index is -1.29. The van der Waals surface area contributed by atoms with Gasteiger partial charge in [-0.15, -0.1) is 0 Å². The molecule has 19 heavy (non-hydrogen) atoms. The Morgan fingerprint density at radius 1 is 1.11 bits per heavy atom. The van der Waals surface area contributed by atoms with Crippen LogP contribution >= 0.6 is 11.6 Å². The molecular weight excluding hydrogens is 270 g/mol. The van der Waals surface area contributed by atoms with Gasteiger partial charge >= 0.3 is 0 Å². The van der Waals surface area contributed by atoms with Gasteiger partial charge in [-0.05, 0) is 30.7 Å². The second-order valence-corrected chi connectivity index (χ2v) is 5.12. The van der Waals surface area contributed by atoms with Crippen molar-refractivity contribution in [1.29, 1.82) is 0 Å². The summed E-state index contributed by atoms with van der Waals surface area (Å²) in [6.45, 7) is 1.57. The number of rotatable bonds is 3. The Kier molecular flexibility index (Phi) is 3.88. The van der Waals surface area contributed by atoms with Crippen LogP contribution in [0.5, 0.6) is 0 Å². The van der Waals surface area contributed by atoms with Gasteiger partial charge in [0.05, 0.1) is 5.60 Å². The van der Waals surface area contributed by atoms with E-state index < -0.39 is 17.2 Å². The second-order valence-electron chi connectivity index (χ2n) is 4.71. The van der Waals surface area contributed by atoms with E-state index in [1.54, 1.807) is 31.2 Å². The Morgan fingerprint density at radius 2 is 1.68 bits per heavy atom. The summed E-state index contributed by atoms with van der Waals surface area (Å²) in [6, 6.07) is 10.1. The first-order chi connectivity index (χ1) is 8.88. The third kappa shape index (κ3) is 3.31. The van der Waals surface area contributed by atoms with Crippen molar-refractivity contribution in [2.24, 2.45) is 0 Å². The molecule has 1 unspecified atom stereocenters. The van der Waals surface area contributed by atoms with Gasteiger partial charge in [-0.1, -0.05) is 29.8 Å². The molecule has 0 aliphatic heterocycles. The van der Waals surface area contributed by atoms with Gasteiger partial charge < -0.3 is 5.11 Å². The molecule has 0 amide bonds. The molecule has 0 radical (unpaired) electrons. The van der Waals surface area contributed by atoms with Gasteiger partial charge in [0.2, 0.25) is 0 Å². The van der Waals surface area contributed by atoms with Gasteiger partial charge in [0.15, 0.2) is 0 Å². The predicted octanol–water partition coefficient (Wildman–Crippen LogP) is 4.07. The van der Waals surface area contributed by atoms with Crippen molar-refractivity contribution in [2.45, 2.75) is 18.9 Å². The molecule has 2 rings (SSSR count). The zero-order valence-corrected chi connectivity index (χ0v) is 11.1. The first-order valence-electron chi connectivity index (χ1n) is 5.81. The maximum Gasteiger partial charge on any atom is 0.126 e. The van der Waals surface area contributed by atoms with Gasteiger partial charge in [0.1, 0.15) is 11.6 Å². The molecular formula is C15H13ClF2O. The molecule has 0 heterocycles. The van der Waals surface area contributed by atoms with Crippen molar-refractivity contribution < 1.29 is 13.9 Å². The molecule has 0 fully saturated rings. The predicted molar refractivity (Wildman–Crippen MR) is 71.1 cm³/mol. The van der Waals surface area contributed by atoms with E-state index in [0.717, 1.165) is 6.07 Å². The number of benzene rings is 2. The molecule has 100 valence electrons. The number of aliphatic hydroxyl groups is 1. The zero-order valence-electron chi connectivity index (χ0n) is 10.3. The lowest BCUT2D eigenvalue weighted by molar-refractivity contribution is 0.0576. The molecule has 1 atom stereocenters. The lowest BCUT2D eigenvalue weighted by atomic mass is 9.89. The van der Waals surface area contributed by atoms with E-state index >= 15 is 0 Å². The topological polar surface area (TPSA) is 20.2 Å². The monoisotopic (exact) mass is 282 g/mol. The van der Waals surface area contributed by atoms with E-state index in [-0.39, 0.29) is 6.42 Å². The lowest BCUT2D eigenvalue weighted by Gasteiger charge is -2.25. The van der Waals surface area contributed by atoms with Gasteiger partial charge in [0.25, 0.3) is 0 Å². The molecule has 0 spiro atoms. The fraction of sp³-hybridized carbons (Fsp3) is 0.200. The molecule has 0 aliphatic rings. The van der Waals surface area contributed by atoms with Crippen molar-refractivity contribution in [3.05, 3.63) is 70.2 Å². The summed E-state index contributed by atoms with van der Waals surface area (Å²) >= 11 is 6.03. The molecule has 4 heteroatoms. The largest absolute Gasteiger partial charge is 0.385 e. The minimum Gasteiger partial charge on any atom is -0.385 e.